The number of carbonyl (C=O) groups is 1. The predicted molar refractivity (Wildman–Crippen MR) is 129 cm³/mol. The van der Waals surface area contributed by atoms with E-state index in [-0.39, 0.29) is 5.69 Å². The molecule has 0 spiro atoms. The number of urea groups is 1. The summed E-state index contributed by atoms with van der Waals surface area (Å²) in [6.45, 7) is 4.60. The van der Waals surface area contributed by atoms with E-state index in [1.54, 1.807) is 4.90 Å². The van der Waals surface area contributed by atoms with Gasteiger partial charge in [0.05, 0.1) is 24.0 Å². The van der Waals surface area contributed by atoms with Crippen LogP contribution in [0.2, 0.25) is 0 Å². The minimum Gasteiger partial charge on any atom is -0.318 e. The van der Waals surface area contributed by atoms with Gasteiger partial charge in [-0.2, -0.15) is 0 Å². The van der Waals surface area contributed by atoms with Crippen molar-refractivity contribution in [3.8, 4) is 5.69 Å². The van der Waals surface area contributed by atoms with Gasteiger partial charge in [0.25, 0.3) is 0 Å². The van der Waals surface area contributed by atoms with Crippen molar-refractivity contribution in [2.45, 2.75) is 32.4 Å². The molecule has 4 aromatic rings. The molecule has 34 heavy (non-hydrogen) atoms. The third-order valence-electron chi connectivity index (χ3n) is 6.32. The standard InChI is InChI=1S/C28H25F2N3O/c1-18(2)19-9-11-20(12-10-19)27-26-8-5-15-32(26)25-7-4-3-6-21(25)17-33(27)28(34)31-24-14-13-22(29)16-23(24)30/h3-16,18,27H,17H2,1-2H3,(H,31,34)/t27-/m1/s1. The molecule has 6 heteroatoms. The zero-order chi connectivity index (χ0) is 23.8. The van der Waals surface area contributed by atoms with E-state index in [0.29, 0.717) is 12.5 Å². The lowest BCUT2D eigenvalue weighted by molar-refractivity contribution is 0.194. The van der Waals surface area contributed by atoms with Gasteiger partial charge < -0.3 is 14.8 Å². The highest BCUT2D eigenvalue weighted by atomic mass is 19.1. The summed E-state index contributed by atoms with van der Waals surface area (Å²) in [5, 5.41) is 2.65. The van der Waals surface area contributed by atoms with Gasteiger partial charge in [0.2, 0.25) is 0 Å². The quantitative estimate of drug-likeness (QED) is 0.353. The van der Waals surface area contributed by atoms with Gasteiger partial charge in [0.1, 0.15) is 11.6 Å². The fourth-order valence-corrected chi connectivity index (χ4v) is 4.53. The van der Waals surface area contributed by atoms with Crippen molar-refractivity contribution in [1.29, 1.82) is 0 Å². The summed E-state index contributed by atoms with van der Waals surface area (Å²) in [5.74, 6) is -1.12. The molecule has 1 aliphatic rings. The van der Waals surface area contributed by atoms with Crippen LogP contribution in [0.25, 0.3) is 5.69 Å². The zero-order valence-electron chi connectivity index (χ0n) is 19.0. The molecule has 4 nitrogen and oxygen atoms in total. The Balaban J connectivity index is 1.61. The molecular weight excluding hydrogens is 432 g/mol. The SMILES string of the molecule is CC(C)c1ccc([C@@H]2c3cccn3-c3ccccc3CN2C(=O)Nc2ccc(F)cc2F)cc1. The van der Waals surface area contributed by atoms with Crippen molar-refractivity contribution in [3.63, 3.8) is 0 Å². The van der Waals surface area contributed by atoms with Gasteiger partial charge in [-0.25, -0.2) is 13.6 Å². The number of nitrogens with one attached hydrogen (secondary N) is 1. The highest BCUT2D eigenvalue weighted by Gasteiger charge is 2.33. The molecule has 0 saturated carbocycles. The lowest BCUT2D eigenvalue weighted by Crippen LogP contribution is -2.38. The van der Waals surface area contributed by atoms with Crippen molar-refractivity contribution < 1.29 is 13.6 Å². The van der Waals surface area contributed by atoms with Gasteiger partial charge >= 0.3 is 6.03 Å². The summed E-state index contributed by atoms with van der Waals surface area (Å²) in [6.07, 6.45) is 1.99. The van der Waals surface area contributed by atoms with Gasteiger partial charge in [-0.1, -0.05) is 56.3 Å². The number of hydrogen-bond donors (Lipinski definition) is 1. The number of fused-ring (bicyclic) bond motifs is 3. The maximum Gasteiger partial charge on any atom is 0.323 e. The van der Waals surface area contributed by atoms with Gasteiger partial charge in [-0.05, 0) is 52.9 Å². The van der Waals surface area contributed by atoms with Crippen LogP contribution in [0.15, 0.2) is 85.1 Å². The van der Waals surface area contributed by atoms with Crippen LogP contribution in [0.1, 0.15) is 48.2 Å². The van der Waals surface area contributed by atoms with E-state index in [1.165, 1.54) is 11.6 Å². The Bertz CT molecular complexity index is 1340. The third-order valence-corrected chi connectivity index (χ3v) is 6.32. The van der Waals surface area contributed by atoms with Crippen molar-refractivity contribution in [2.24, 2.45) is 0 Å². The molecule has 0 aliphatic carbocycles. The minimum atomic E-state index is -0.815. The van der Waals surface area contributed by atoms with E-state index in [2.05, 4.69) is 35.9 Å². The highest BCUT2D eigenvalue weighted by molar-refractivity contribution is 5.90. The number of aromatic nitrogens is 1. The van der Waals surface area contributed by atoms with Gasteiger partial charge in [-0.15, -0.1) is 0 Å². The van der Waals surface area contributed by atoms with Crippen LogP contribution in [-0.4, -0.2) is 15.5 Å². The first-order valence-corrected chi connectivity index (χ1v) is 11.3. The van der Waals surface area contributed by atoms with Crippen LogP contribution in [-0.2, 0) is 6.54 Å². The normalized spacial score (nSPS) is 15.0. The molecule has 0 radical (unpaired) electrons. The molecule has 2 amide bonds. The minimum absolute atomic E-state index is 0.0618. The van der Waals surface area contributed by atoms with Gasteiger partial charge in [-0.3, -0.25) is 0 Å². The second-order valence-corrected chi connectivity index (χ2v) is 8.84. The summed E-state index contributed by atoms with van der Waals surface area (Å²) >= 11 is 0. The highest BCUT2D eigenvalue weighted by Crippen LogP contribution is 2.37. The van der Waals surface area contributed by atoms with Crippen molar-refractivity contribution >= 4 is 11.7 Å². The number of anilines is 1. The zero-order valence-corrected chi connectivity index (χ0v) is 19.0. The molecule has 1 N–H and O–H groups in total. The van der Waals surface area contributed by atoms with E-state index < -0.39 is 23.7 Å². The average Bonchev–Trinajstić information content (AvgIpc) is 3.25. The monoisotopic (exact) mass is 457 g/mol. The summed E-state index contributed by atoms with van der Waals surface area (Å²) in [7, 11) is 0. The number of carbonyl (C=O) groups excluding carboxylic acids is 1. The van der Waals surface area contributed by atoms with Gasteiger partial charge in [0.15, 0.2) is 0 Å². The van der Waals surface area contributed by atoms with Crippen molar-refractivity contribution in [1.82, 2.24) is 9.47 Å². The Morgan fingerprint density at radius 1 is 0.971 bits per heavy atom. The maximum absolute atomic E-state index is 14.3. The van der Waals surface area contributed by atoms with Crippen molar-refractivity contribution in [2.75, 3.05) is 5.32 Å². The summed E-state index contributed by atoms with van der Waals surface area (Å²) in [5.41, 5.74) is 4.99. The van der Waals surface area contributed by atoms with E-state index in [1.807, 2.05) is 54.7 Å². The number of amides is 2. The molecule has 1 aliphatic heterocycles. The van der Waals surface area contributed by atoms with Crippen LogP contribution >= 0.6 is 0 Å². The lowest BCUT2D eigenvalue weighted by atomic mass is 9.97. The number of nitrogens with zero attached hydrogens (tertiary/aromatic N) is 2. The van der Waals surface area contributed by atoms with Crippen LogP contribution in [0.4, 0.5) is 19.3 Å². The van der Waals surface area contributed by atoms with Crippen LogP contribution < -0.4 is 5.32 Å². The van der Waals surface area contributed by atoms with E-state index in [4.69, 9.17) is 0 Å². The van der Waals surface area contributed by atoms with Crippen molar-refractivity contribution in [3.05, 3.63) is 119 Å². The Hall–Kier alpha value is -3.93. The third kappa shape index (κ3) is 3.96. The molecular formula is C28H25F2N3O. The number of rotatable bonds is 3. The Kier molecular flexibility index (Phi) is 5.65. The van der Waals surface area contributed by atoms with E-state index in [0.717, 1.165) is 34.6 Å². The maximum atomic E-state index is 14.3. The summed E-state index contributed by atoms with van der Waals surface area (Å²) in [4.78, 5) is 15.3. The first-order valence-electron chi connectivity index (χ1n) is 11.3. The summed E-state index contributed by atoms with van der Waals surface area (Å²) < 4.78 is 29.8. The molecule has 0 unspecified atom stereocenters. The number of hydrogen-bond acceptors (Lipinski definition) is 1. The largest absolute Gasteiger partial charge is 0.323 e. The predicted octanol–water partition coefficient (Wildman–Crippen LogP) is 7.02. The number of benzene rings is 3. The summed E-state index contributed by atoms with van der Waals surface area (Å²) in [6, 6.07) is 22.4. The Morgan fingerprint density at radius 3 is 2.47 bits per heavy atom. The molecule has 5 rings (SSSR count). The number of halogens is 2. The average molecular weight is 458 g/mol. The fourth-order valence-electron chi connectivity index (χ4n) is 4.53. The first kappa shape index (κ1) is 21.9. The molecule has 0 saturated heterocycles. The Labute approximate surface area is 197 Å². The molecule has 3 aromatic carbocycles. The molecule has 1 atom stereocenters. The van der Waals surface area contributed by atoms with Crippen LogP contribution in [0.3, 0.4) is 0 Å². The van der Waals surface area contributed by atoms with E-state index in [9.17, 15) is 13.6 Å². The first-order chi connectivity index (χ1) is 16.4. The molecule has 0 fully saturated rings. The molecule has 2 heterocycles. The van der Waals surface area contributed by atoms with Gasteiger partial charge in [0, 0.05) is 18.0 Å². The lowest BCUT2D eigenvalue weighted by Gasteiger charge is -2.31. The Morgan fingerprint density at radius 2 is 1.74 bits per heavy atom. The fraction of sp³-hybridized carbons (Fsp3) is 0.179. The van der Waals surface area contributed by atoms with Crippen LogP contribution in [0.5, 0.6) is 0 Å². The topological polar surface area (TPSA) is 37.3 Å². The second-order valence-electron chi connectivity index (χ2n) is 8.84. The van der Waals surface area contributed by atoms with E-state index >= 15 is 0 Å². The number of para-hydroxylation sites is 1. The molecule has 172 valence electrons. The smallest absolute Gasteiger partial charge is 0.318 e. The second kappa shape index (κ2) is 8.78. The molecule has 0 bridgehead atoms. The van der Waals surface area contributed by atoms with Crippen LogP contribution in [0, 0.1) is 11.6 Å². The molecule has 1 aromatic heterocycles.